The number of hydrogen-bond donors (Lipinski definition) is 7. The molecule has 1 rings (SSSR count). The van der Waals surface area contributed by atoms with E-state index in [9.17, 15) is 43.3 Å². The molecule has 0 saturated carbocycles. The third kappa shape index (κ3) is 32.2. The second kappa shape index (κ2) is 39.9. The molecule has 0 aromatic heterocycles. The summed E-state index contributed by atoms with van der Waals surface area (Å²) in [5, 5.41) is 55.4. The van der Waals surface area contributed by atoms with Crippen molar-refractivity contribution in [2.75, 3.05) is 13.2 Å². The average molecular weight is 922 g/mol. The Morgan fingerprint density at radius 2 is 1.03 bits per heavy atom. The number of carbonyl (C=O) groups is 1. The maximum absolute atomic E-state index is 13.1. The highest BCUT2D eigenvalue weighted by molar-refractivity contribution is 7.80. The smallest absolute Gasteiger partial charge is 0.394 e. The highest BCUT2D eigenvalue weighted by atomic mass is 32.3. The summed E-state index contributed by atoms with van der Waals surface area (Å²) in [7, 11) is -5.12. The van der Waals surface area contributed by atoms with E-state index in [0.717, 1.165) is 38.5 Å². The number of ether oxygens (including phenoxy) is 2. The summed E-state index contributed by atoms with van der Waals surface area (Å²) in [5.74, 6) is -0.698. The summed E-state index contributed by atoms with van der Waals surface area (Å²) in [6.45, 7) is 3.25. The maximum Gasteiger partial charge on any atom is 0.397 e. The number of amides is 1. The molecule has 0 radical (unpaired) electrons. The quantitative estimate of drug-likeness (QED) is 0.0173. The van der Waals surface area contributed by atoms with Crippen LogP contribution in [-0.2, 0) is 28.9 Å². The minimum atomic E-state index is -5.12. The lowest BCUT2D eigenvalue weighted by molar-refractivity contribution is -0.298. The van der Waals surface area contributed by atoms with Gasteiger partial charge in [-0.2, -0.15) is 8.42 Å². The SMILES string of the molecule is CCCCCCCCCCCCCCCCC/C=C/C(O)C(COC1OC(CO)C(O)C(OS(=O)(=O)O)C1O)NC(=O)C(O)CCCCCCCCCCCCCCCCCCC. The fraction of sp³-hybridized carbons (Fsp3) is 0.939. The number of rotatable bonds is 44. The number of nitrogens with one attached hydrogen (secondary N) is 1. The Labute approximate surface area is 383 Å². The summed E-state index contributed by atoms with van der Waals surface area (Å²) in [6.07, 6.45) is 32.8. The van der Waals surface area contributed by atoms with Gasteiger partial charge in [0, 0.05) is 0 Å². The van der Waals surface area contributed by atoms with Crippen molar-refractivity contribution in [1.82, 2.24) is 5.32 Å². The zero-order valence-electron chi connectivity index (χ0n) is 39.8. The first-order valence-electron chi connectivity index (χ1n) is 25.7. The molecule has 1 saturated heterocycles. The molecule has 14 heteroatoms. The van der Waals surface area contributed by atoms with E-state index in [1.165, 1.54) is 161 Å². The predicted octanol–water partition coefficient (Wildman–Crippen LogP) is 9.70. The lowest BCUT2D eigenvalue weighted by Gasteiger charge is -2.41. The van der Waals surface area contributed by atoms with Crippen LogP contribution < -0.4 is 5.32 Å². The first-order valence-corrected chi connectivity index (χ1v) is 27.0. The van der Waals surface area contributed by atoms with Crippen molar-refractivity contribution < 1.29 is 57.0 Å². The third-order valence-corrected chi connectivity index (χ3v) is 12.9. The molecule has 0 aliphatic carbocycles. The van der Waals surface area contributed by atoms with Gasteiger partial charge >= 0.3 is 10.4 Å². The van der Waals surface area contributed by atoms with Crippen LogP contribution in [0.4, 0.5) is 0 Å². The van der Waals surface area contributed by atoms with E-state index in [1.54, 1.807) is 6.08 Å². The molecule has 8 atom stereocenters. The molecule has 1 fully saturated rings. The van der Waals surface area contributed by atoms with Gasteiger partial charge in [-0.05, 0) is 19.3 Å². The van der Waals surface area contributed by atoms with Crippen molar-refractivity contribution >= 4 is 16.3 Å². The third-order valence-electron chi connectivity index (χ3n) is 12.4. The van der Waals surface area contributed by atoms with Crippen LogP contribution in [0.5, 0.6) is 0 Å². The van der Waals surface area contributed by atoms with E-state index in [2.05, 4.69) is 23.3 Å². The lowest BCUT2D eigenvalue weighted by Crippen LogP contribution is -2.61. The number of unbranched alkanes of at least 4 members (excludes halogenated alkanes) is 31. The number of aliphatic hydroxyl groups is 5. The van der Waals surface area contributed by atoms with Gasteiger partial charge < -0.3 is 40.3 Å². The van der Waals surface area contributed by atoms with Crippen LogP contribution in [0.1, 0.15) is 232 Å². The van der Waals surface area contributed by atoms with Crippen LogP contribution in [0.25, 0.3) is 0 Å². The molecule has 63 heavy (non-hydrogen) atoms. The van der Waals surface area contributed by atoms with Crippen molar-refractivity contribution in [3.8, 4) is 0 Å². The Morgan fingerprint density at radius 1 is 0.635 bits per heavy atom. The predicted molar refractivity (Wildman–Crippen MR) is 252 cm³/mol. The normalized spacial score (nSPS) is 20.9. The molecular formula is C49H95NO12S. The van der Waals surface area contributed by atoms with Crippen molar-refractivity contribution in [3.63, 3.8) is 0 Å². The summed E-state index contributed by atoms with van der Waals surface area (Å²) in [5.41, 5.74) is 0. The van der Waals surface area contributed by atoms with E-state index in [4.69, 9.17) is 9.47 Å². The van der Waals surface area contributed by atoms with Crippen LogP contribution in [0.3, 0.4) is 0 Å². The van der Waals surface area contributed by atoms with Crippen molar-refractivity contribution in [1.29, 1.82) is 0 Å². The van der Waals surface area contributed by atoms with E-state index in [-0.39, 0.29) is 6.42 Å². The summed E-state index contributed by atoms with van der Waals surface area (Å²) < 4.78 is 47.6. The van der Waals surface area contributed by atoms with Gasteiger partial charge in [-0.1, -0.05) is 225 Å². The molecular weight excluding hydrogens is 827 g/mol. The van der Waals surface area contributed by atoms with Gasteiger partial charge in [0.25, 0.3) is 0 Å². The second-order valence-electron chi connectivity index (χ2n) is 18.3. The number of aliphatic hydroxyl groups excluding tert-OH is 5. The minimum absolute atomic E-state index is 0.248. The van der Waals surface area contributed by atoms with Gasteiger partial charge in [-0.15, -0.1) is 0 Å². The van der Waals surface area contributed by atoms with Crippen molar-refractivity contribution in [2.24, 2.45) is 0 Å². The molecule has 1 heterocycles. The van der Waals surface area contributed by atoms with Gasteiger partial charge in [-0.25, -0.2) is 4.18 Å². The highest BCUT2D eigenvalue weighted by Gasteiger charge is 2.48. The van der Waals surface area contributed by atoms with Gasteiger partial charge in [0.05, 0.1) is 25.4 Å². The molecule has 13 nitrogen and oxygen atoms in total. The number of allylic oxidation sites excluding steroid dienone is 1. The highest BCUT2D eigenvalue weighted by Crippen LogP contribution is 2.26. The van der Waals surface area contributed by atoms with E-state index < -0.39 is 78.5 Å². The van der Waals surface area contributed by atoms with Gasteiger partial charge in [0.1, 0.15) is 30.5 Å². The molecule has 1 aliphatic heterocycles. The fourth-order valence-corrected chi connectivity index (χ4v) is 8.85. The number of carbonyl (C=O) groups excluding carboxylic acids is 1. The standard InChI is InChI=1S/C49H95NO12S/c1-3-5-7-9-11-13-15-17-19-21-23-25-27-29-31-33-35-37-42(52)41(40-60-49-46(55)47(62-63(57,58)59)45(54)44(39-51)61-49)50-48(56)43(53)38-36-34-32-30-28-26-24-22-20-18-16-14-12-10-8-6-4-2/h35,37,41-47,49,51-55H,3-34,36,38-40H2,1-2H3,(H,50,56)(H,57,58,59)/b37-35+. The van der Waals surface area contributed by atoms with Gasteiger partial charge in [0.15, 0.2) is 6.29 Å². The topological polar surface area (TPSA) is 212 Å². The Bertz CT molecular complexity index is 1190. The van der Waals surface area contributed by atoms with Gasteiger partial charge in [0.2, 0.25) is 5.91 Å². The van der Waals surface area contributed by atoms with Crippen LogP contribution in [-0.4, -0.2) is 107 Å². The molecule has 0 aromatic rings. The van der Waals surface area contributed by atoms with Gasteiger partial charge in [-0.3, -0.25) is 9.35 Å². The molecule has 0 aromatic carbocycles. The Morgan fingerprint density at radius 3 is 1.43 bits per heavy atom. The summed E-state index contributed by atoms with van der Waals surface area (Å²) >= 11 is 0. The summed E-state index contributed by atoms with van der Waals surface area (Å²) in [4.78, 5) is 13.1. The minimum Gasteiger partial charge on any atom is -0.394 e. The molecule has 1 amide bonds. The average Bonchev–Trinajstić information content (AvgIpc) is 3.25. The first-order chi connectivity index (χ1) is 30.4. The summed E-state index contributed by atoms with van der Waals surface area (Å²) in [6, 6.07) is -1.11. The number of hydrogen-bond acceptors (Lipinski definition) is 11. The molecule has 0 spiro atoms. The Hall–Kier alpha value is -1.20. The zero-order valence-corrected chi connectivity index (χ0v) is 40.6. The zero-order chi connectivity index (χ0) is 46.4. The fourth-order valence-electron chi connectivity index (χ4n) is 8.34. The first kappa shape index (κ1) is 59.8. The molecule has 8 unspecified atom stereocenters. The van der Waals surface area contributed by atoms with Crippen molar-refractivity contribution in [3.05, 3.63) is 12.2 Å². The van der Waals surface area contributed by atoms with Crippen LogP contribution >= 0.6 is 0 Å². The lowest BCUT2D eigenvalue weighted by atomic mass is 9.99. The van der Waals surface area contributed by atoms with E-state index in [0.29, 0.717) is 12.8 Å². The Balaban J connectivity index is 2.52. The van der Waals surface area contributed by atoms with E-state index in [1.807, 2.05) is 6.08 Å². The largest absolute Gasteiger partial charge is 0.397 e. The van der Waals surface area contributed by atoms with Crippen LogP contribution in [0.2, 0.25) is 0 Å². The Kier molecular flexibility index (Phi) is 37.9. The van der Waals surface area contributed by atoms with Crippen LogP contribution in [0, 0.1) is 0 Å². The van der Waals surface area contributed by atoms with E-state index >= 15 is 0 Å². The van der Waals surface area contributed by atoms with Crippen LogP contribution in [0.15, 0.2) is 12.2 Å². The maximum atomic E-state index is 13.1. The molecule has 7 N–H and O–H groups in total. The molecule has 0 bridgehead atoms. The molecule has 1 aliphatic rings. The molecule has 374 valence electrons. The van der Waals surface area contributed by atoms with Crippen molar-refractivity contribution in [2.45, 2.75) is 281 Å². The second-order valence-corrected chi connectivity index (χ2v) is 19.3. The monoisotopic (exact) mass is 922 g/mol.